The number of hydrogen-bond donors (Lipinski definition) is 0. The molecule has 2 aromatic carbocycles. The van der Waals surface area contributed by atoms with Crippen LogP contribution in [-0.4, -0.2) is 9.97 Å². The van der Waals surface area contributed by atoms with Gasteiger partial charge in [-0.3, -0.25) is 0 Å². The third kappa shape index (κ3) is 3.45. The number of hydrogen-bond acceptors (Lipinski definition) is 4. The quantitative estimate of drug-likeness (QED) is 0.366. The molecular formula is C21H17ClN2S2. The number of rotatable bonds is 4. The SMILES string of the molecule is CCc1ccc(-c2nc(-c3nc(-c4ccc(Cl)cc4)cs3)sc2C)cc1. The highest BCUT2D eigenvalue weighted by Crippen LogP contribution is 2.36. The Morgan fingerprint density at radius 3 is 2.27 bits per heavy atom. The van der Waals surface area contributed by atoms with Crippen LogP contribution in [0.3, 0.4) is 0 Å². The van der Waals surface area contributed by atoms with Gasteiger partial charge in [0.15, 0.2) is 10.0 Å². The summed E-state index contributed by atoms with van der Waals surface area (Å²) < 4.78 is 0. The fraction of sp³-hybridized carbons (Fsp3) is 0.143. The Morgan fingerprint density at radius 2 is 1.58 bits per heavy atom. The summed E-state index contributed by atoms with van der Waals surface area (Å²) in [6.45, 7) is 4.29. The smallest absolute Gasteiger partial charge is 0.153 e. The number of nitrogens with zero attached hydrogens (tertiary/aromatic N) is 2. The second kappa shape index (κ2) is 7.31. The van der Waals surface area contributed by atoms with Gasteiger partial charge in [-0.1, -0.05) is 54.9 Å². The maximum atomic E-state index is 5.97. The van der Waals surface area contributed by atoms with Crippen molar-refractivity contribution in [2.24, 2.45) is 0 Å². The molecule has 2 aromatic heterocycles. The van der Waals surface area contributed by atoms with Crippen LogP contribution >= 0.6 is 34.3 Å². The van der Waals surface area contributed by atoms with E-state index in [4.69, 9.17) is 21.6 Å². The molecule has 0 amide bonds. The lowest BCUT2D eigenvalue weighted by molar-refractivity contribution is 1.14. The summed E-state index contributed by atoms with van der Waals surface area (Å²) in [5.41, 5.74) is 5.59. The van der Waals surface area contributed by atoms with Crippen molar-refractivity contribution >= 4 is 34.3 Å². The molecular weight excluding hydrogens is 380 g/mol. The van der Waals surface area contributed by atoms with Crippen LogP contribution in [-0.2, 0) is 6.42 Å². The number of halogens is 1. The normalized spacial score (nSPS) is 11.0. The van der Waals surface area contributed by atoms with Gasteiger partial charge in [0.1, 0.15) is 0 Å². The summed E-state index contributed by atoms with van der Waals surface area (Å²) in [6.07, 6.45) is 1.05. The molecule has 0 unspecified atom stereocenters. The highest BCUT2D eigenvalue weighted by molar-refractivity contribution is 7.21. The Labute approximate surface area is 166 Å². The first-order valence-electron chi connectivity index (χ1n) is 8.42. The van der Waals surface area contributed by atoms with Crippen molar-refractivity contribution < 1.29 is 0 Å². The van der Waals surface area contributed by atoms with Crippen molar-refractivity contribution in [2.45, 2.75) is 20.3 Å². The van der Waals surface area contributed by atoms with Gasteiger partial charge >= 0.3 is 0 Å². The minimum absolute atomic E-state index is 0.735. The molecule has 0 N–H and O–H groups in total. The maximum absolute atomic E-state index is 5.97. The fourth-order valence-electron chi connectivity index (χ4n) is 2.78. The monoisotopic (exact) mass is 396 g/mol. The van der Waals surface area contributed by atoms with Crippen LogP contribution in [0, 0.1) is 6.92 Å². The molecule has 2 heterocycles. The van der Waals surface area contributed by atoms with Crippen LogP contribution in [0.15, 0.2) is 53.9 Å². The van der Waals surface area contributed by atoms with Crippen LogP contribution in [0.5, 0.6) is 0 Å². The molecule has 26 heavy (non-hydrogen) atoms. The Hall–Kier alpha value is -2.01. The van der Waals surface area contributed by atoms with E-state index in [9.17, 15) is 0 Å². The zero-order valence-corrected chi connectivity index (χ0v) is 16.9. The lowest BCUT2D eigenvalue weighted by atomic mass is 10.1. The summed E-state index contributed by atoms with van der Waals surface area (Å²) in [4.78, 5) is 10.9. The van der Waals surface area contributed by atoms with Crippen LogP contribution in [0.1, 0.15) is 17.4 Å². The minimum atomic E-state index is 0.735. The van der Waals surface area contributed by atoms with Gasteiger partial charge in [-0.05, 0) is 31.0 Å². The van der Waals surface area contributed by atoms with Crippen molar-refractivity contribution in [2.75, 3.05) is 0 Å². The highest BCUT2D eigenvalue weighted by Gasteiger charge is 2.14. The predicted octanol–water partition coefficient (Wildman–Crippen LogP) is 7.12. The molecule has 0 atom stereocenters. The summed E-state index contributed by atoms with van der Waals surface area (Å²) in [5.74, 6) is 0. The van der Waals surface area contributed by atoms with Crippen molar-refractivity contribution in [3.8, 4) is 32.5 Å². The fourth-order valence-corrected chi connectivity index (χ4v) is 4.70. The topological polar surface area (TPSA) is 25.8 Å². The van der Waals surface area contributed by atoms with E-state index in [0.717, 1.165) is 44.0 Å². The molecule has 0 saturated carbocycles. The van der Waals surface area contributed by atoms with Crippen LogP contribution in [0.2, 0.25) is 5.02 Å². The molecule has 0 bridgehead atoms. The summed E-state index contributed by atoms with van der Waals surface area (Å²) in [7, 11) is 0. The van der Waals surface area contributed by atoms with E-state index < -0.39 is 0 Å². The lowest BCUT2D eigenvalue weighted by Gasteiger charge is -2.00. The average molecular weight is 397 g/mol. The Kier molecular flexibility index (Phi) is 4.90. The molecule has 2 nitrogen and oxygen atoms in total. The van der Waals surface area contributed by atoms with Crippen LogP contribution < -0.4 is 0 Å². The second-order valence-electron chi connectivity index (χ2n) is 6.02. The van der Waals surface area contributed by atoms with Crippen LogP contribution in [0.25, 0.3) is 32.5 Å². The van der Waals surface area contributed by atoms with Gasteiger partial charge in [-0.15, -0.1) is 22.7 Å². The van der Waals surface area contributed by atoms with Gasteiger partial charge < -0.3 is 0 Å². The van der Waals surface area contributed by atoms with Crippen molar-refractivity contribution in [3.05, 3.63) is 69.4 Å². The Bertz CT molecular complexity index is 1030. The molecule has 0 aliphatic heterocycles. The number of aryl methyl sites for hydroxylation is 2. The number of thiazole rings is 2. The standard InChI is InChI=1S/C21H17ClN2S2/c1-3-14-4-6-16(7-5-14)19-13(2)26-21(24-19)20-23-18(12-25-20)15-8-10-17(22)11-9-15/h4-12H,3H2,1-2H3. The summed E-state index contributed by atoms with van der Waals surface area (Å²) >= 11 is 9.30. The molecule has 0 saturated heterocycles. The van der Waals surface area contributed by atoms with Crippen molar-refractivity contribution in [1.82, 2.24) is 9.97 Å². The molecule has 4 aromatic rings. The highest BCUT2D eigenvalue weighted by atomic mass is 35.5. The summed E-state index contributed by atoms with van der Waals surface area (Å²) in [6, 6.07) is 16.4. The van der Waals surface area contributed by atoms with E-state index >= 15 is 0 Å². The molecule has 0 spiro atoms. The van der Waals surface area contributed by atoms with E-state index in [1.165, 1.54) is 10.4 Å². The van der Waals surface area contributed by atoms with Gasteiger partial charge in [0.25, 0.3) is 0 Å². The van der Waals surface area contributed by atoms with Crippen molar-refractivity contribution in [3.63, 3.8) is 0 Å². The molecule has 130 valence electrons. The van der Waals surface area contributed by atoms with Gasteiger partial charge in [0, 0.05) is 26.4 Å². The largest absolute Gasteiger partial charge is 0.233 e. The van der Waals surface area contributed by atoms with Gasteiger partial charge in [-0.2, -0.15) is 0 Å². The molecule has 0 aliphatic carbocycles. The zero-order chi connectivity index (χ0) is 18.1. The molecule has 4 rings (SSSR count). The van der Waals surface area contributed by atoms with E-state index in [-0.39, 0.29) is 0 Å². The second-order valence-corrected chi connectivity index (χ2v) is 8.52. The first-order chi connectivity index (χ1) is 12.6. The average Bonchev–Trinajstić information content (AvgIpc) is 3.29. The molecule has 0 fully saturated rings. The summed E-state index contributed by atoms with van der Waals surface area (Å²) in [5, 5.41) is 4.74. The third-order valence-electron chi connectivity index (χ3n) is 4.26. The third-order valence-corrected chi connectivity index (χ3v) is 6.47. The van der Waals surface area contributed by atoms with Crippen LogP contribution in [0.4, 0.5) is 0 Å². The Morgan fingerprint density at radius 1 is 0.885 bits per heavy atom. The van der Waals surface area contributed by atoms with E-state index in [0.29, 0.717) is 0 Å². The van der Waals surface area contributed by atoms with Gasteiger partial charge in [0.2, 0.25) is 0 Å². The maximum Gasteiger partial charge on any atom is 0.153 e. The minimum Gasteiger partial charge on any atom is -0.233 e. The lowest BCUT2D eigenvalue weighted by Crippen LogP contribution is -1.84. The number of benzene rings is 2. The number of aromatic nitrogens is 2. The Balaban J connectivity index is 1.65. The molecule has 0 aliphatic rings. The molecule has 0 radical (unpaired) electrons. The van der Waals surface area contributed by atoms with E-state index in [1.54, 1.807) is 22.7 Å². The first kappa shape index (κ1) is 17.4. The zero-order valence-electron chi connectivity index (χ0n) is 14.5. The van der Waals surface area contributed by atoms with E-state index in [1.807, 2.05) is 24.3 Å². The molecule has 5 heteroatoms. The predicted molar refractivity (Wildman–Crippen MR) is 113 cm³/mol. The van der Waals surface area contributed by atoms with Gasteiger partial charge in [0.05, 0.1) is 11.4 Å². The van der Waals surface area contributed by atoms with Crippen molar-refractivity contribution in [1.29, 1.82) is 0 Å². The first-order valence-corrected chi connectivity index (χ1v) is 10.5. The van der Waals surface area contributed by atoms with Gasteiger partial charge in [-0.25, -0.2) is 9.97 Å². The van der Waals surface area contributed by atoms with E-state index in [2.05, 4.69) is 43.5 Å².